The lowest BCUT2D eigenvalue weighted by atomic mass is 10.0. The zero-order valence-electron chi connectivity index (χ0n) is 13.2. The van der Waals surface area contributed by atoms with Gasteiger partial charge in [0.15, 0.2) is 0 Å². The summed E-state index contributed by atoms with van der Waals surface area (Å²) in [4.78, 5) is 0. The Morgan fingerprint density at radius 3 is 1.38 bits per heavy atom. The molecule has 21 heavy (non-hydrogen) atoms. The Labute approximate surface area is 129 Å². The molecule has 0 aliphatic carbocycles. The van der Waals surface area contributed by atoms with Crippen LogP contribution in [0, 0.1) is 0 Å². The van der Waals surface area contributed by atoms with Gasteiger partial charge >= 0.3 is 0 Å². The first-order valence-corrected chi connectivity index (χ1v) is 8.10. The first-order valence-electron chi connectivity index (χ1n) is 8.10. The molecule has 0 aliphatic rings. The molecule has 0 bridgehead atoms. The number of benzene rings is 2. The van der Waals surface area contributed by atoms with E-state index in [4.69, 9.17) is 4.74 Å². The molecular formula is C20H26O. The summed E-state index contributed by atoms with van der Waals surface area (Å²) in [6.07, 6.45) is 4.77. The summed E-state index contributed by atoms with van der Waals surface area (Å²) in [5.74, 6) is 0. The van der Waals surface area contributed by atoms with Crippen LogP contribution >= 0.6 is 0 Å². The average molecular weight is 282 g/mol. The lowest BCUT2D eigenvalue weighted by Gasteiger charge is -2.25. The van der Waals surface area contributed by atoms with Gasteiger partial charge in [-0.15, -0.1) is 0 Å². The van der Waals surface area contributed by atoms with E-state index in [1.54, 1.807) is 0 Å². The predicted molar refractivity (Wildman–Crippen MR) is 89.3 cm³/mol. The van der Waals surface area contributed by atoms with Crippen molar-refractivity contribution in [2.45, 2.75) is 51.7 Å². The summed E-state index contributed by atoms with van der Waals surface area (Å²) in [5.41, 5.74) is 2.58. The summed E-state index contributed by atoms with van der Waals surface area (Å²) < 4.78 is 6.50. The van der Waals surface area contributed by atoms with Crippen LogP contribution in [0.2, 0.25) is 0 Å². The number of rotatable bonds is 8. The third-order valence-corrected chi connectivity index (χ3v) is 3.77. The third-order valence-electron chi connectivity index (χ3n) is 3.77. The van der Waals surface area contributed by atoms with Gasteiger partial charge in [0, 0.05) is 0 Å². The highest BCUT2D eigenvalue weighted by atomic mass is 16.5. The van der Waals surface area contributed by atoms with Crippen molar-refractivity contribution in [1.82, 2.24) is 0 Å². The van der Waals surface area contributed by atoms with Crippen molar-refractivity contribution in [2.75, 3.05) is 0 Å². The van der Waals surface area contributed by atoms with Gasteiger partial charge in [-0.1, -0.05) is 87.4 Å². The Hall–Kier alpha value is -1.60. The van der Waals surface area contributed by atoms with E-state index < -0.39 is 0 Å². The van der Waals surface area contributed by atoms with E-state index in [1.165, 1.54) is 11.1 Å². The van der Waals surface area contributed by atoms with Crippen LogP contribution in [0.1, 0.15) is 62.9 Å². The van der Waals surface area contributed by atoms with E-state index in [9.17, 15) is 0 Å². The van der Waals surface area contributed by atoms with Crippen LogP contribution in [-0.4, -0.2) is 0 Å². The highest BCUT2D eigenvalue weighted by Crippen LogP contribution is 2.32. The first-order chi connectivity index (χ1) is 10.3. The van der Waals surface area contributed by atoms with Crippen molar-refractivity contribution < 1.29 is 4.74 Å². The Balaban J connectivity index is 2.16. The first kappa shape index (κ1) is 15.8. The van der Waals surface area contributed by atoms with E-state index in [-0.39, 0.29) is 12.2 Å². The quantitative estimate of drug-likeness (QED) is 0.569. The van der Waals surface area contributed by atoms with Crippen molar-refractivity contribution in [3.8, 4) is 0 Å². The van der Waals surface area contributed by atoms with Gasteiger partial charge < -0.3 is 4.74 Å². The number of hydrogen-bond acceptors (Lipinski definition) is 1. The summed E-state index contributed by atoms with van der Waals surface area (Å²) >= 11 is 0. The Morgan fingerprint density at radius 2 is 1.05 bits per heavy atom. The molecule has 1 heteroatoms. The lowest BCUT2D eigenvalue weighted by Crippen LogP contribution is -2.10. The predicted octanol–water partition coefficient (Wildman–Crippen LogP) is 6.09. The van der Waals surface area contributed by atoms with E-state index >= 15 is 0 Å². The molecule has 2 unspecified atom stereocenters. The minimum absolute atomic E-state index is 0.188. The summed E-state index contributed by atoms with van der Waals surface area (Å²) in [6.45, 7) is 4.44. The van der Waals surface area contributed by atoms with Gasteiger partial charge in [0.2, 0.25) is 0 Å². The fourth-order valence-electron chi connectivity index (χ4n) is 2.68. The zero-order valence-corrected chi connectivity index (χ0v) is 13.2. The van der Waals surface area contributed by atoms with Gasteiger partial charge in [0.25, 0.3) is 0 Å². The van der Waals surface area contributed by atoms with Gasteiger partial charge in [0.1, 0.15) is 0 Å². The maximum absolute atomic E-state index is 6.50. The van der Waals surface area contributed by atoms with Crippen molar-refractivity contribution in [1.29, 1.82) is 0 Å². The molecule has 0 saturated heterocycles. The fraction of sp³-hybridized carbons (Fsp3) is 0.400. The molecule has 0 fully saturated rings. The monoisotopic (exact) mass is 282 g/mol. The van der Waals surface area contributed by atoms with Crippen LogP contribution in [0.4, 0.5) is 0 Å². The van der Waals surface area contributed by atoms with E-state index in [0.29, 0.717) is 0 Å². The molecule has 0 aromatic heterocycles. The third kappa shape index (κ3) is 4.71. The summed E-state index contributed by atoms with van der Waals surface area (Å²) in [7, 11) is 0. The minimum Gasteiger partial charge on any atom is -0.366 e. The summed E-state index contributed by atoms with van der Waals surface area (Å²) in [5, 5.41) is 0. The van der Waals surface area contributed by atoms with Gasteiger partial charge in [0.05, 0.1) is 12.2 Å². The molecule has 1 nitrogen and oxygen atoms in total. The van der Waals surface area contributed by atoms with Crippen LogP contribution in [0.25, 0.3) is 0 Å². The van der Waals surface area contributed by atoms with Gasteiger partial charge in [-0.05, 0) is 24.0 Å². The molecule has 2 aromatic carbocycles. The Kier molecular flexibility index (Phi) is 6.49. The molecule has 2 aromatic rings. The zero-order chi connectivity index (χ0) is 14.9. The van der Waals surface area contributed by atoms with E-state index in [2.05, 4.69) is 74.5 Å². The van der Waals surface area contributed by atoms with Crippen molar-refractivity contribution >= 4 is 0 Å². The highest BCUT2D eigenvalue weighted by Gasteiger charge is 2.18. The molecule has 0 heterocycles. The second-order valence-corrected chi connectivity index (χ2v) is 5.51. The van der Waals surface area contributed by atoms with Gasteiger partial charge in [-0.25, -0.2) is 0 Å². The van der Waals surface area contributed by atoms with Crippen LogP contribution in [0.3, 0.4) is 0 Å². The van der Waals surface area contributed by atoms with Crippen molar-refractivity contribution in [3.63, 3.8) is 0 Å². The summed E-state index contributed by atoms with van der Waals surface area (Å²) in [6, 6.07) is 21.2. The Morgan fingerprint density at radius 1 is 0.667 bits per heavy atom. The topological polar surface area (TPSA) is 9.23 Å². The van der Waals surface area contributed by atoms with Crippen molar-refractivity contribution in [2.24, 2.45) is 0 Å². The largest absolute Gasteiger partial charge is 0.366 e. The molecule has 0 N–H and O–H groups in total. The molecule has 112 valence electrons. The van der Waals surface area contributed by atoms with Crippen LogP contribution < -0.4 is 0 Å². The molecule has 2 rings (SSSR count). The standard InChI is InChI=1S/C20H26O/c1-3-11-19(17-13-7-5-8-14-17)21-20(12-4-2)18-15-9-6-10-16-18/h5-10,13-16,19-20H,3-4,11-12H2,1-2H3. The van der Waals surface area contributed by atoms with Crippen molar-refractivity contribution in [3.05, 3.63) is 71.8 Å². The second kappa shape index (κ2) is 8.63. The molecule has 0 aliphatic heterocycles. The minimum atomic E-state index is 0.188. The van der Waals surface area contributed by atoms with E-state index in [0.717, 1.165) is 25.7 Å². The molecule has 0 amide bonds. The van der Waals surface area contributed by atoms with Crippen LogP contribution in [0.15, 0.2) is 60.7 Å². The van der Waals surface area contributed by atoms with Crippen LogP contribution in [-0.2, 0) is 4.74 Å². The van der Waals surface area contributed by atoms with E-state index in [1.807, 2.05) is 0 Å². The van der Waals surface area contributed by atoms with Gasteiger partial charge in [-0.2, -0.15) is 0 Å². The van der Waals surface area contributed by atoms with Crippen LogP contribution in [0.5, 0.6) is 0 Å². The second-order valence-electron chi connectivity index (χ2n) is 5.51. The normalized spacial score (nSPS) is 13.8. The number of ether oxygens (including phenoxy) is 1. The maximum atomic E-state index is 6.50. The average Bonchev–Trinajstić information content (AvgIpc) is 2.55. The number of hydrogen-bond donors (Lipinski definition) is 0. The SMILES string of the molecule is CCCC(OC(CCC)c1ccccc1)c1ccccc1. The molecule has 0 spiro atoms. The Bertz CT molecular complexity index is 444. The molecule has 0 saturated carbocycles. The smallest absolute Gasteiger partial charge is 0.0833 e. The van der Waals surface area contributed by atoms with Gasteiger partial charge in [-0.3, -0.25) is 0 Å². The highest BCUT2D eigenvalue weighted by molar-refractivity contribution is 5.20. The maximum Gasteiger partial charge on any atom is 0.0833 e. The molecule has 0 radical (unpaired) electrons. The molecule has 2 atom stereocenters. The lowest BCUT2D eigenvalue weighted by molar-refractivity contribution is -0.0247. The fourth-order valence-corrected chi connectivity index (χ4v) is 2.68. The molecular weight excluding hydrogens is 256 g/mol.